The topological polar surface area (TPSA) is 35.0 Å². The van der Waals surface area contributed by atoms with Crippen LogP contribution in [-0.2, 0) is 6.42 Å². The summed E-state index contributed by atoms with van der Waals surface area (Å²) in [6.45, 7) is 0. The van der Waals surface area contributed by atoms with Gasteiger partial charge in [-0.05, 0) is 34.7 Å². The Labute approximate surface area is 110 Å². The minimum atomic E-state index is 0.887. The van der Waals surface area contributed by atoms with Gasteiger partial charge < -0.3 is 4.74 Å². The van der Waals surface area contributed by atoms with Crippen LogP contribution >= 0.6 is 0 Å². The summed E-state index contributed by atoms with van der Waals surface area (Å²) in [5.41, 5.74) is 4.71. The summed E-state index contributed by atoms with van der Waals surface area (Å²) in [4.78, 5) is 8.72. The molecule has 1 aromatic carbocycles. The van der Waals surface area contributed by atoms with Gasteiger partial charge in [0, 0.05) is 36.0 Å². The maximum Gasteiger partial charge on any atom is 0.137 e. The first-order valence-electron chi connectivity index (χ1n) is 6.26. The van der Waals surface area contributed by atoms with Crippen LogP contribution in [0.25, 0.3) is 22.0 Å². The minimum absolute atomic E-state index is 0.887. The van der Waals surface area contributed by atoms with Gasteiger partial charge >= 0.3 is 0 Å². The highest BCUT2D eigenvalue weighted by molar-refractivity contribution is 5.97. The van der Waals surface area contributed by atoms with Crippen molar-refractivity contribution in [3.8, 4) is 17.0 Å². The van der Waals surface area contributed by atoms with Gasteiger partial charge in [-0.2, -0.15) is 0 Å². The second-order valence-electron chi connectivity index (χ2n) is 4.73. The molecule has 19 heavy (non-hydrogen) atoms. The molecular weight excluding hydrogens is 236 g/mol. The number of hydrogen-bond donors (Lipinski definition) is 0. The van der Waals surface area contributed by atoms with E-state index in [4.69, 9.17) is 4.74 Å². The number of methoxy groups -OCH3 is 1. The lowest BCUT2D eigenvalue weighted by Crippen LogP contribution is -1.92. The third-order valence-corrected chi connectivity index (χ3v) is 3.69. The second kappa shape index (κ2) is 3.79. The second-order valence-corrected chi connectivity index (χ2v) is 4.73. The molecule has 0 spiro atoms. The molecule has 0 saturated carbocycles. The van der Waals surface area contributed by atoms with Crippen molar-refractivity contribution in [1.29, 1.82) is 0 Å². The van der Waals surface area contributed by atoms with E-state index in [0.29, 0.717) is 0 Å². The summed E-state index contributed by atoms with van der Waals surface area (Å²) >= 11 is 0. The fourth-order valence-corrected chi connectivity index (χ4v) is 2.88. The monoisotopic (exact) mass is 248 g/mol. The van der Waals surface area contributed by atoms with Crippen molar-refractivity contribution >= 4 is 10.8 Å². The SMILES string of the molecule is COc1c2c(cc3ccncc13)Cc1cccnc1-2. The van der Waals surface area contributed by atoms with Crippen LogP contribution in [-0.4, -0.2) is 17.1 Å². The van der Waals surface area contributed by atoms with E-state index in [0.717, 1.165) is 28.8 Å². The molecule has 2 heterocycles. The van der Waals surface area contributed by atoms with Gasteiger partial charge in [0.05, 0.1) is 12.8 Å². The van der Waals surface area contributed by atoms with E-state index < -0.39 is 0 Å². The maximum absolute atomic E-state index is 5.65. The molecule has 92 valence electrons. The van der Waals surface area contributed by atoms with Gasteiger partial charge in [0.25, 0.3) is 0 Å². The van der Waals surface area contributed by atoms with Gasteiger partial charge in [0.2, 0.25) is 0 Å². The van der Waals surface area contributed by atoms with E-state index in [9.17, 15) is 0 Å². The van der Waals surface area contributed by atoms with Crippen LogP contribution in [0, 0.1) is 0 Å². The van der Waals surface area contributed by atoms with Crippen molar-refractivity contribution in [2.75, 3.05) is 7.11 Å². The summed E-state index contributed by atoms with van der Waals surface area (Å²) in [6.07, 6.45) is 6.43. The highest BCUT2D eigenvalue weighted by atomic mass is 16.5. The maximum atomic E-state index is 5.65. The Bertz CT molecular complexity index is 796. The molecule has 2 aromatic heterocycles. The molecule has 0 fully saturated rings. The lowest BCUT2D eigenvalue weighted by molar-refractivity contribution is 0.421. The molecule has 3 heteroatoms. The largest absolute Gasteiger partial charge is 0.495 e. The number of pyridine rings is 2. The lowest BCUT2D eigenvalue weighted by atomic mass is 10.0. The quantitative estimate of drug-likeness (QED) is 0.519. The molecule has 3 nitrogen and oxygen atoms in total. The van der Waals surface area contributed by atoms with Crippen LogP contribution in [0.15, 0.2) is 42.9 Å². The van der Waals surface area contributed by atoms with Gasteiger partial charge in [-0.1, -0.05) is 6.07 Å². The number of aromatic nitrogens is 2. The third-order valence-electron chi connectivity index (χ3n) is 3.69. The predicted octanol–water partition coefficient (Wildman–Crippen LogP) is 3.21. The average Bonchev–Trinajstić information content (AvgIpc) is 2.82. The van der Waals surface area contributed by atoms with Gasteiger partial charge in [0.15, 0.2) is 0 Å². The van der Waals surface area contributed by atoms with Crippen molar-refractivity contribution in [3.05, 3.63) is 54.0 Å². The van der Waals surface area contributed by atoms with Crippen LogP contribution in [0.4, 0.5) is 0 Å². The molecule has 0 N–H and O–H groups in total. The first kappa shape index (κ1) is 10.5. The molecule has 1 aliphatic rings. The molecule has 1 aliphatic carbocycles. The fraction of sp³-hybridized carbons (Fsp3) is 0.125. The average molecular weight is 248 g/mol. The van der Waals surface area contributed by atoms with Gasteiger partial charge in [-0.3, -0.25) is 9.97 Å². The molecule has 0 amide bonds. The van der Waals surface area contributed by atoms with Crippen LogP contribution < -0.4 is 4.74 Å². The van der Waals surface area contributed by atoms with E-state index in [-0.39, 0.29) is 0 Å². The molecule has 0 aliphatic heterocycles. The zero-order valence-corrected chi connectivity index (χ0v) is 10.6. The Morgan fingerprint density at radius 1 is 1.16 bits per heavy atom. The third kappa shape index (κ3) is 1.38. The molecular formula is C16H12N2O. The Morgan fingerprint density at radius 3 is 3.00 bits per heavy atom. The molecule has 4 rings (SSSR count). The summed E-state index contributed by atoms with van der Waals surface area (Å²) in [5.74, 6) is 0.887. The summed E-state index contributed by atoms with van der Waals surface area (Å²) in [7, 11) is 1.71. The molecule has 0 saturated heterocycles. The Balaban J connectivity index is 2.14. The zero-order valence-electron chi connectivity index (χ0n) is 10.6. The standard InChI is InChI=1S/C16H12N2O/c1-19-16-13-9-17-6-4-10(13)7-12-8-11-3-2-5-18-15(11)14(12)16/h2-7,9H,8H2,1H3. The van der Waals surface area contributed by atoms with E-state index in [2.05, 4.69) is 22.1 Å². The molecule has 0 radical (unpaired) electrons. The lowest BCUT2D eigenvalue weighted by Gasteiger charge is -2.11. The van der Waals surface area contributed by atoms with Gasteiger partial charge in [-0.25, -0.2) is 0 Å². The molecule has 3 aromatic rings. The Morgan fingerprint density at radius 2 is 2.11 bits per heavy atom. The van der Waals surface area contributed by atoms with Crippen molar-refractivity contribution < 1.29 is 4.74 Å². The first-order valence-corrected chi connectivity index (χ1v) is 6.26. The summed E-state index contributed by atoms with van der Waals surface area (Å²) < 4.78 is 5.65. The van der Waals surface area contributed by atoms with Gasteiger partial charge in [0.1, 0.15) is 5.75 Å². The van der Waals surface area contributed by atoms with E-state index in [1.54, 1.807) is 7.11 Å². The van der Waals surface area contributed by atoms with Crippen molar-refractivity contribution in [2.45, 2.75) is 6.42 Å². The van der Waals surface area contributed by atoms with Crippen molar-refractivity contribution in [2.24, 2.45) is 0 Å². The highest BCUT2D eigenvalue weighted by Crippen LogP contribution is 2.44. The fourth-order valence-electron chi connectivity index (χ4n) is 2.88. The smallest absolute Gasteiger partial charge is 0.137 e. The van der Waals surface area contributed by atoms with Crippen molar-refractivity contribution in [1.82, 2.24) is 9.97 Å². The van der Waals surface area contributed by atoms with Crippen molar-refractivity contribution in [3.63, 3.8) is 0 Å². The number of rotatable bonds is 1. The predicted molar refractivity (Wildman–Crippen MR) is 74.3 cm³/mol. The molecule has 0 atom stereocenters. The van der Waals surface area contributed by atoms with Crippen LogP contribution in [0.1, 0.15) is 11.1 Å². The molecule has 0 bridgehead atoms. The van der Waals surface area contributed by atoms with Gasteiger partial charge in [-0.15, -0.1) is 0 Å². The highest BCUT2D eigenvalue weighted by Gasteiger charge is 2.25. The summed E-state index contributed by atoms with van der Waals surface area (Å²) in [5, 5.41) is 2.21. The first-order chi connectivity index (χ1) is 9.38. The van der Waals surface area contributed by atoms with E-state index >= 15 is 0 Å². The van der Waals surface area contributed by atoms with Crippen LogP contribution in [0.5, 0.6) is 5.75 Å². The van der Waals surface area contributed by atoms with E-state index in [1.165, 1.54) is 16.5 Å². The number of benzene rings is 1. The normalized spacial score (nSPS) is 12.3. The number of hydrogen-bond acceptors (Lipinski definition) is 3. The zero-order chi connectivity index (χ0) is 12.8. The Hall–Kier alpha value is -2.42. The van der Waals surface area contributed by atoms with Crippen LogP contribution in [0.3, 0.4) is 0 Å². The molecule has 0 unspecified atom stereocenters. The summed E-state index contributed by atoms with van der Waals surface area (Å²) in [6, 6.07) is 8.36. The number of ether oxygens (including phenoxy) is 1. The number of fused-ring (bicyclic) bond motifs is 4. The number of nitrogens with zero attached hydrogens (tertiary/aromatic N) is 2. The Kier molecular flexibility index (Phi) is 2.09. The van der Waals surface area contributed by atoms with Crippen LogP contribution in [0.2, 0.25) is 0 Å². The minimum Gasteiger partial charge on any atom is -0.495 e. The van der Waals surface area contributed by atoms with E-state index in [1.807, 2.05) is 30.7 Å².